The first-order valence-corrected chi connectivity index (χ1v) is 3.30. The summed E-state index contributed by atoms with van der Waals surface area (Å²) in [5, 5.41) is 3.16. The molecule has 52 valence electrons. The van der Waals surface area contributed by atoms with Gasteiger partial charge in [-0.05, 0) is 12.8 Å². The number of piperidine rings is 1. The van der Waals surface area contributed by atoms with E-state index in [1.165, 1.54) is 6.42 Å². The van der Waals surface area contributed by atoms with Crippen molar-refractivity contribution in [3.8, 4) is 0 Å². The summed E-state index contributed by atoms with van der Waals surface area (Å²) in [7, 11) is 1.73. The minimum atomic E-state index is 0.249. The molecule has 1 heterocycles. The zero-order valence-corrected chi connectivity index (χ0v) is 5.81. The molecule has 1 unspecified atom stereocenters. The second kappa shape index (κ2) is 2.87. The van der Waals surface area contributed by atoms with E-state index in [1.54, 1.807) is 7.11 Å². The Labute approximate surface area is 55.9 Å². The van der Waals surface area contributed by atoms with E-state index in [0.717, 1.165) is 18.7 Å². The molecule has 1 aliphatic rings. The molecule has 1 aliphatic heterocycles. The minimum absolute atomic E-state index is 0.249. The van der Waals surface area contributed by atoms with Gasteiger partial charge in [0.15, 0.2) is 0 Å². The molecule has 9 heavy (non-hydrogen) atoms. The predicted molar refractivity (Wildman–Crippen MR) is 37.2 cm³/mol. The van der Waals surface area contributed by atoms with Crippen LogP contribution in [0.2, 0.25) is 0 Å². The van der Waals surface area contributed by atoms with Crippen LogP contribution in [0.1, 0.15) is 12.8 Å². The largest absolute Gasteiger partial charge is 0.387 e. The summed E-state index contributed by atoms with van der Waals surface area (Å²) in [4.78, 5) is 0. The van der Waals surface area contributed by atoms with Gasteiger partial charge in [-0.1, -0.05) is 6.58 Å². The first-order chi connectivity index (χ1) is 4.34. The van der Waals surface area contributed by atoms with E-state index in [0.29, 0.717) is 0 Å². The maximum atomic E-state index is 5.14. The highest BCUT2D eigenvalue weighted by molar-refractivity contribution is 5.02. The first kappa shape index (κ1) is 6.62. The SMILES string of the molecule is C=C1NCCCC1OC. The normalized spacial score (nSPS) is 27.7. The molecule has 0 spiro atoms. The van der Waals surface area contributed by atoms with Gasteiger partial charge in [-0.25, -0.2) is 0 Å². The number of rotatable bonds is 1. The monoisotopic (exact) mass is 127 g/mol. The van der Waals surface area contributed by atoms with Crippen LogP contribution in [-0.2, 0) is 4.74 Å². The van der Waals surface area contributed by atoms with Crippen molar-refractivity contribution in [1.29, 1.82) is 0 Å². The van der Waals surface area contributed by atoms with E-state index in [2.05, 4.69) is 11.9 Å². The van der Waals surface area contributed by atoms with Crippen LogP contribution in [0.25, 0.3) is 0 Å². The van der Waals surface area contributed by atoms with Crippen LogP contribution < -0.4 is 5.32 Å². The molecule has 2 nitrogen and oxygen atoms in total. The van der Waals surface area contributed by atoms with Gasteiger partial charge in [0.1, 0.15) is 0 Å². The number of ether oxygens (including phenoxy) is 1. The lowest BCUT2D eigenvalue weighted by Gasteiger charge is -2.24. The van der Waals surface area contributed by atoms with E-state index in [1.807, 2.05) is 0 Å². The van der Waals surface area contributed by atoms with Crippen LogP contribution in [0.15, 0.2) is 12.3 Å². The van der Waals surface area contributed by atoms with Crippen molar-refractivity contribution in [2.75, 3.05) is 13.7 Å². The Hall–Kier alpha value is -0.500. The molecule has 1 N–H and O–H groups in total. The highest BCUT2D eigenvalue weighted by Gasteiger charge is 2.14. The first-order valence-electron chi connectivity index (χ1n) is 3.30. The predicted octanol–water partition coefficient (Wildman–Crippen LogP) is 0.898. The number of methoxy groups -OCH3 is 1. The van der Waals surface area contributed by atoms with Crippen molar-refractivity contribution in [3.63, 3.8) is 0 Å². The van der Waals surface area contributed by atoms with Gasteiger partial charge in [0.05, 0.1) is 6.10 Å². The number of hydrogen-bond acceptors (Lipinski definition) is 2. The van der Waals surface area contributed by atoms with Crippen LogP contribution in [0.5, 0.6) is 0 Å². The van der Waals surface area contributed by atoms with E-state index in [4.69, 9.17) is 4.74 Å². The molecule has 1 saturated heterocycles. The van der Waals surface area contributed by atoms with E-state index >= 15 is 0 Å². The van der Waals surface area contributed by atoms with Crippen LogP contribution in [0.3, 0.4) is 0 Å². The summed E-state index contributed by atoms with van der Waals surface area (Å²) in [6.45, 7) is 4.88. The highest BCUT2D eigenvalue weighted by Crippen LogP contribution is 2.12. The van der Waals surface area contributed by atoms with Crippen molar-refractivity contribution < 1.29 is 4.74 Å². The van der Waals surface area contributed by atoms with Gasteiger partial charge in [-0.15, -0.1) is 0 Å². The highest BCUT2D eigenvalue weighted by atomic mass is 16.5. The Morgan fingerprint density at radius 1 is 1.78 bits per heavy atom. The quantitative estimate of drug-likeness (QED) is 0.565. The number of hydrogen-bond donors (Lipinski definition) is 1. The fourth-order valence-corrected chi connectivity index (χ4v) is 1.08. The third-order valence-corrected chi connectivity index (χ3v) is 1.67. The molecule has 0 bridgehead atoms. The smallest absolute Gasteiger partial charge is 0.0960 e. The molecule has 1 atom stereocenters. The van der Waals surface area contributed by atoms with Gasteiger partial charge in [0, 0.05) is 19.4 Å². The molecule has 0 aromatic rings. The second-order valence-corrected chi connectivity index (χ2v) is 2.32. The average Bonchev–Trinajstić information content (AvgIpc) is 1.89. The van der Waals surface area contributed by atoms with Gasteiger partial charge in [-0.2, -0.15) is 0 Å². The number of nitrogens with one attached hydrogen (secondary N) is 1. The van der Waals surface area contributed by atoms with Crippen molar-refractivity contribution in [3.05, 3.63) is 12.3 Å². The molecule has 2 heteroatoms. The maximum Gasteiger partial charge on any atom is 0.0960 e. The average molecular weight is 127 g/mol. The molecule has 0 aliphatic carbocycles. The molecule has 0 aromatic carbocycles. The third-order valence-electron chi connectivity index (χ3n) is 1.67. The second-order valence-electron chi connectivity index (χ2n) is 2.32. The van der Waals surface area contributed by atoms with E-state index in [9.17, 15) is 0 Å². The summed E-state index contributed by atoms with van der Waals surface area (Å²) >= 11 is 0. The fourth-order valence-electron chi connectivity index (χ4n) is 1.08. The molecule has 0 amide bonds. The lowest BCUT2D eigenvalue weighted by atomic mass is 10.1. The fraction of sp³-hybridized carbons (Fsp3) is 0.714. The van der Waals surface area contributed by atoms with Gasteiger partial charge < -0.3 is 10.1 Å². The zero-order chi connectivity index (χ0) is 6.69. The van der Waals surface area contributed by atoms with Crippen molar-refractivity contribution in [2.24, 2.45) is 0 Å². The van der Waals surface area contributed by atoms with Crippen LogP contribution in [-0.4, -0.2) is 19.8 Å². The summed E-state index contributed by atoms with van der Waals surface area (Å²) in [5.74, 6) is 0. The summed E-state index contributed by atoms with van der Waals surface area (Å²) in [5.41, 5.74) is 1.03. The molecule has 0 saturated carbocycles. The van der Waals surface area contributed by atoms with E-state index in [-0.39, 0.29) is 6.10 Å². The Bertz CT molecular complexity index is 111. The van der Waals surface area contributed by atoms with Crippen LogP contribution >= 0.6 is 0 Å². The molecular weight excluding hydrogens is 114 g/mol. The lowest BCUT2D eigenvalue weighted by molar-refractivity contribution is 0.107. The molecule has 1 rings (SSSR count). The van der Waals surface area contributed by atoms with Gasteiger partial charge in [0.25, 0.3) is 0 Å². The topological polar surface area (TPSA) is 21.3 Å². The summed E-state index contributed by atoms with van der Waals surface area (Å²) < 4.78 is 5.14. The van der Waals surface area contributed by atoms with Gasteiger partial charge in [0.2, 0.25) is 0 Å². The van der Waals surface area contributed by atoms with Crippen LogP contribution in [0, 0.1) is 0 Å². The molecular formula is C7H13NO. The van der Waals surface area contributed by atoms with Crippen molar-refractivity contribution >= 4 is 0 Å². The van der Waals surface area contributed by atoms with Crippen LogP contribution in [0.4, 0.5) is 0 Å². The van der Waals surface area contributed by atoms with Crippen molar-refractivity contribution in [1.82, 2.24) is 5.32 Å². The Morgan fingerprint density at radius 2 is 2.56 bits per heavy atom. The van der Waals surface area contributed by atoms with Gasteiger partial charge >= 0.3 is 0 Å². The standard InChI is InChI=1S/C7H13NO/c1-6-7(9-2)4-3-5-8-6/h7-8H,1,3-5H2,2H3. The summed E-state index contributed by atoms with van der Waals surface area (Å²) in [6.07, 6.45) is 2.55. The lowest BCUT2D eigenvalue weighted by Crippen LogP contribution is -2.31. The van der Waals surface area contributed by atoms with Crippen molar-refractivity contribution in [2.45, 2.75) is 18.9 Å². The maximum absolute atomic E-state index is 5.14. The Morgan fingerprint density at radius 3 is 3.00 bits per heavy atom. The van der Waals surface area contributed by atoms with Gasteiger partial charge in [-0.3, -0.25) is 0 Å². The molecule has 0 radical (unpaired) electrons. The third kappa shape index (κ3) is 1.45. The molecule has 1 fully saturated rings. The zero-order valence-electron chi connectivity index (χ0n) is 5.81. The Balaban J connectivity index is 2.39. The van der Waals surface area contributed by atoms with E-state index < -0.39 is 0 Å². The summed E-state index contributed by atoms with van der Waals surface area (Å²) in [6, 6.07) is 0. The molecule has 0 aromatic heterocycles. The Kier molecular flexibility index (Phi) is 2.11. The minimum Gasteiger partial charge on any atom is -0.387 e.